The van der Waals surface area contributed by atoms with Gasteiger partial charge >= 0.3 is 0 Å². The van der Waals surface area contributed by atoms with Crippen LogP contribution in [-0.2, 0) is 0 Å². The zero-order valence-electron chi connectivity index (χ0n) is 5.83. The minimum absolute atomic E-state index is 0.0278. The number of hydrogen-bond donors (Lipinski definition) is 1. The van der Waals surface area contributed by atoms with E-state index in [0.29, 0.717) is 12.2 Å². The summed E-state index contributed by atoms with van der Waals surface area (Å²) in [5, 5.41) is 16.0. The van der Waals surface area contributed by atoms with Gasteiger partial charge in [-0.2, -0.15) is 10.2 Å². The van der Waals surface area contributed by atoms with Crippen LogP contribution >= 0.6 is 0 Å². The van der Waals surface area contributed by atoms with Crippen molar-refractivity contribution in [2.75, 3.05) is 13.2 Å². The molecular formula is C6H12N2O. The largest absolute Gasteiger partial charge is 0.390 e. The number of allylic oxidation sites excluding steroid dienone is 1. The molecule has 0 rings (SSSR count). The van der Waals surface area contributed by atoms with Crippen molar-refractivity contribution in [3.8, 4) is 0 Å². The molecule has 0 aromatic rings. The van der Waals surface area contributed by atoms with Gasteiger partial charge in [0.05, 0.1) is 18.8 Å². The molecule has 0 fully saturated rings. The van der Waals surface area contributed by atoms with Crippen LogP contribution in [-0.4, -0.2) is 18.3 Å². The Morgan fingerprint density at radius 1 is 1.67 bits per heavy atom. The van der Waals surface area contributed by atoms with Crippen LogP contribution < -0.4 is 0 Å². The summed E-state index contributed by atoms with van der Waals surface area (Å²) in [5.74, 6) is 0. The molecule has 0 unspecified atom stereocenters. The summed E-state index contributed by atoms with van der Waals surface area (Å²) in [7, 11) is 0. The number of hydrogen-bond acceptors (Lipinski definition) is 3. The normalized spacial score (nSPS) is 13.0. The van der Waals surface area contributed by atoms with Crippen molar-refractivity contribution in [3.05, 3.63) is 11.8 Å². The van der Waals surface area contributed by atoms with Crippen LogP contribution in [0, 0.1) is 0 Å². The third-order valence-electron chi connectivity index (χ3n) is 0.836. The van der Waals surface area contributed by atoms with Crippen molar-refractivity contribution in [2.45, 2.75) is 13.8 Å². The Kier molecular flexibility index (Phi) is 5.01. The highest BCUT2D eigenvalue weighted by Crippen LogP contribution is 1.93. The van der Waals surface area contributed by atoms with Gasteiger partial charge in [0.1, 0.15) is 0 Å². The van der Waals surface area contributed by atoms with E-state index in [2.05, 4.69) is 10.2 Å². The van der Waals surface area contributed by atoms with E-state index in [9.17, 15) is 0 Å². The first-order valence-electron chi connectivity index (χ1n) is 2.98. The summed E-state index contributed by atoms with van der Waals surface area (Å²) >= 11 is 0. The lowest BCUT2D eigenvalue weighted by Gasteiger charge is -1.89. The van der Waals surface area contributed by atoms with Crippen LogP contribution in [0.15, 0.2) is 22.0 Å². The van der Waals surface area contributed by atoms with E-state index in [1.165, 1.54) is 0 Å². The van der Waals surface area contributed by atoms with Crippen molar-refractivity contribution in [1.82, 2.24) is 0 Å². The summed E-state index contributed by atoms with van der Waals surface area (Å²) < 4.78 is 0. The third-order valence-corrected chi connectivity index (χ3v) is 0.836. The van der Waals surface area contributed by atoms with E-state index < -0.39 is 0 Å². The minimum atomic E-state index is -0.0278. The lowest BCUT2D eigenvalue weighted by atomic mass is 10.4. The molecule has 0 radical (unpaired) electrons. The fourth-order valence-corrected chi connectivity index (χ4v) is 0.342. The zero-order valence-corrected chi connectivity index (χ0v) is 5.83. The van der Waals surface area contributed by atoms with Crippen LogP contribution in [0.2, 0.25) is 0 Å². The maximum absolute atomic E-state index is 8.53. The quantitative estimate of drug-likeness (QED) is 0.573. The molecule has 0 amide bonds. The fraction of sp³-hybridized carbons (Fsp3) is 0.667. The molecule has 0 aliphatic carbocycles. The van der Waals surface area contributed by atoms with Gasteiger partial charge in [-0.1, -0.05) is 6.08 Å². The lowest BCUT2D eigenvalue weighted by Crippen LogP contribution is -1.83. The number of azo groups is 1. The van der Waals surface area contributed by atoms with Crippen LogP contribution in [0.25, 0.3) is 0 Å². The van der Waals surface area contributed by atoms with E-state index in [4.69, 9.17) is 5.11 Å². The first kappa shape index (κ1) is 8.30. The van der Waals surface area contributed by atoms with Gasteiger partial charge < -0.3 is 5.11 Å². The smallest absolute Gasteiger partial charge is 0.0868 e. The van der Waals surface area contributed by atoms with Crippen molar-refractivity contribution >= 4 is 0 Å². The number of nitrogens with zero attached hydrogens (tertiary/aromatic N) is 2. The molecule has 0 saturated carbocycles. The number of aliphatic hydroxyl groups is 1. The second-order valence-electron chi connectivity index (χ2n) is 1.50. The number of aliphatic hydroxyl groups excluding tert-OH is 1. The molecule has 0 saturated heterocycles. The van der Waals surface area contributed by atoms with Crippen molar-refractivity contribution in [1.29, 1.82) is 0 Å². The summed E-state index contributed by atoms with van der Waals surface area (Å²) in [6, 6.07) is 0. The van der Waals surface area contributed by atoms with Gasteiger partial charge in [-0.3, -0.25) is 0 Å². The molecule has 1 N–H and O–H groups in total. The average Bonchev–Trinajstić information content (AvgIpc) is 1.91. The highest BCUT2D eigenvalue weighted by Gasteiger charge is 1.85. The molecule has 3 nitrogen and oxygen atoms in total. The van der Waals surface area contributed by atoms with E-state index in [1.807, 2.05) is 13.8 Å². The molecule has 0 aromatic carbocycles. The molecule has 0 aliphatic rings. The highest BCUT2D eigenvalue weighted by molar-refractivity contribution is 4.95. The van der Waals surface area contributed by atoms with Crippen molar-refractivity contribution in [2.24, 2.45) is 10.2 Å². The molecule has 0 atom stereocenters. The van der Waals surface area contributed by atoms with Crippen LogP contribution in [0.4, 0.5) is 0 Å². The Morgan fingerprint density at radius 3 is 2.67 bits per heavy atom. The number of rotatable bonds is 3. The van der Waals surface area contributed by atoms with Gasteiger partial charge in [0.25, 0.3) is 0 Å². The monoisotopic (exact) mass is 128 g/mol. The summed E-state index contributed by atoms with van der Waals surface area (Å²) in [5.41, 5.74) is 0.622. The van der Waals surface area contributed by atoms with Crippen LogP contribution in [0.1, 0.15) is 13.8 Å². The summed E-state index contributed by atoms with van der Waals surface area (Å²) in [6.45, 7) is 4.35. The molecule has 9 heavy (non-hydrogen) atoms. The highest BCUT2D eigenvalue weighted by atomic mass is 16.3. The van der Waals surface area contributed by atoms with Gasteiger partial charge in [0, 0.05) is 0 Å². The van der Waals surface area contributed by atoms with E-state index in [0.717, 1.165) is 0 Å². The zero-order chi connectivity index (χ0) is 7.11. The van der Waals surface area contributed by atoms with Gasteiger partial charge in [-0.15, -0.1) is 0 Å². The maximum atomic E-state index is 8.53. The Bertz CT molecular complexity index is 118. The molecule has 0 aromatic heterocycles. The van der Waals surface area contributed by atoms with E-state index >= 15 is 0 Å². The van der Waals surface area contributed by atoms with Gasteiger partial charge in [0.2, 0.25) is 0 Å². The van der Waals surface area contributed by atoms with E-state index in [1.54, 1.807) is 6.08 Å². The summed E-state index contributed by atoms with van der Waals surface area (Å²) in [6.07, 6.45) is 1.74. The maximum Gasteiger partial charge on any atom is 0.0868 e. The SMILES string of the molecule is C/C=C(/CO)N=NCC. The standard InChI is InChI=1S/C6H12N2O/c1-3-6(5-9)8-7-4-2/h3,9H,4-5H2,1-2H3/b6-3-,8-7?. The Balaban J connectivity index is 3.70. The predicted octanol–water partition coefficient (Wildman–Crippen LogP) is 1.35. The topological polar surface area (TPSA) is 45.0 Å². The molecule has 0 spiro atoms. The van der Waals surface area contributed by atoms with Crippen molar-refractivity contribution in [3.63, 3.8) is 0 Å². The van der Waals surface area contributed by atoms with Crippen LogP contribution in [0.5, 0.6) is 0 Å². The minimum Gasteiger partial charge on any atom is -0.390 e. The molecule has 52 valence electrons. The second kappa shape index (κ2) is 5.44. The predicted molar refractivity (Wildman–Crippen MR) is 36.2 cm³/mol. The van der Waals surface area contributed by atoms with Gasteiger partial charge in [-0.05, 0) is 13.8 Å². The van der Waals surface area contributed by atoms with Gasteiger partial charge in [-0.25, -0.2) is 0 Å². The third kappa shape index (κ3) is 3.85. The molecule has 0 aliphatic heterocycles. The van der Waals surface area contributed by atoms with Gasteiger partial charge in [0.15, 0.2) is 0 Å². The Hall–Kier alpha value is -0.700. The molecule has 0 heterocycles. The first-order valence-corrected chi connectivity index (χ1v) is 2.98. The molecular weight excluding hydrogens is 116 g/mol. The van der Waals surface area contributed by atoms with E-state index in [-0.39, 0.29) is 6.61 Å². The molecule has 3 heteroatoms. The first-order chi connectivity index (χ1) is 4.35. The Morgan fingerprint density at radius 2 is 2.33 bits per heavy atom. The van der Waals surface area contributed by atoms with Crippen LogP contribution in [0.3, 0.4) is 0 Å². The second-order valence-corrected chi connectivity index (χ2v) is 1.50. The van der Waals surface area contributed by atoms with Crippen molar-refractivity contribution < 1.29 is 5.11 Å². The fourth-order valence-electron chi connectivity index (χ4n) is 0.342. The lowest BCUT2D eigenvalue weighted by molar-refractivity contribution is 0.328. The molecule has 0 bridgehead atoms. The Labute approximate surface area is 55.1 Å². The average molecular weight is 128 g/mol. The summed E-state index contributed by atoms with van der Waals surface area (Å²) in [4.78, 5) is 0.